The predicted molar refractivity (Wildman–Crippen MR) is 67.4 cm³/mol. The summed E-state index contributed by atoms with van der Waals surface area (Å²) in [6, 6.07) is 7.97. The standard InChI is InChI=1S/C14H15FN2O/c1-9-7-12(10-5-4-6-11(15)8-10)17-13(16-9)14(2,3)18/h4-8,18H,1-3H3. The van der Waals surface area contributed by atoms with Crippen LogP contribution >= 0.6 is 0 Å². The van der Waals surface area contributed by atoms with Gasteiger partial charge in [-0.3, -0.25) is 0 Å². The van der Waals surface area contributed by atoms with Crippen molar-refractivity contribution in [3.8, 4) is 11.3 Å². The van der Waals surface area contributed by atoms with Gasteiger partial charge in [0.2, 0.25) is 0 Å². The van der Waals surface area contributed by atoms with E-state index in [-0.39, 0.29) is 5.82 Å². The molecular formula is C14H15FN2O. The normalized spacial score (nSPS) is 11.6. The minimum Gasteiger partial charge on any atom is -0.382 e. The van der Waals surface area contributed by atoms with Crippen LogP contribution in [-0.2, 0) is 5.60 Å². The van der Waals surface area contributed by atoms with Crippen molar-refractivity contribution in [2.24, 2.45) is 0 Å². The van der Waals surface area contributed by atoms with E-state index in [9.17, 15) is 9.50 Å². The van der Waals surface area contributed by atoms with Gasteiger partial charge < -0.3 is 5.11 Å². The van der Waals surface area contributed by atoms with Gasteiger partial charge >= 0.3 is 0 Å². The summed E-state index contributed by atoms with van der Waals surface area (Å²) in [6.45, 7) is 5.06. The Morgan fingerprint density at radius 3 is 2.50 bits per heavy atom. The van der Waals surface area contributed by atoms with E-state index >= 15 is 0 Å². The molecule has 1 heterocycles. The fourth-order valence-electron chi connectivity index (χ4n) is 1.64. The zero-order valence-corrected chi connectivity index (χ0v) is 10.6. The molecule has 0 fully saturated rings. The summed E-state index contributed by atoms with van der Waals surface area (Å²) in [5.41, 5.74) is 0.903. The Labute approximate surface area is 105 Å². The number of nitrogens with zero attached hydrogens (tertiary/aromatic N) is 2. The smallest absolute Gasteiger partial charge is 0.160 e. The average Bonchev–Trinajstić information content (AvgIpc) is 2.27. The molecule has 94 valence electrons. The zero-order chi connectivity index (χ0) is 13.3. The largest absolute Gasteiger partial charge is 0.382 e. The predicted octanol–water partition coefficient (Wildman–Crippen LogP) is 2.82. The third-order valence-electron chi connectivity index (χ3n) is 2.52. The van der Waals surface area contributed by atoms with Crippen LogP contribution in [0.1, 0.15) is 25.4 Å². The summed E-state index contributed by atoms with van der Waals surface area (Å²) in [5, 5.41) is 9.94. The number of aromatic nitrogens is 2. The zero-order valence-electron chi connectivity index (χ0n) is 10.6. The monoisotopic (exact) mass is 246 g/mol. The number of rotatable bonds is 2. The highest BCUT2D eigenvalue weighted by Crippen LogP contribution is 2.22. The van der Waals surface area contributed by atoms with Gasteiger partial charge in [-0.25, -0.2) is 14.4 Å². The Morgan fingerprint density at radius 2 is 1.89 bits per heavy atom. The molecule has 0 bridgehead atoms. The highest BCUT2D eigenvalue weighted by atomic mass is 19.1. The van der Waals surface area contributed by atoms with Crippen molar-refractivity contribution in [2.45, 2.75) is 26.4 Å². The van der Waals surface area contributed by atoms with Crippen LogP contribution in [-0.4, -0.2) is 15.1 Å². The van der Waals surface area contributed by atoms with Crippen molar-refractivity contribution in [3.63, 3.8) is 0 Å². The van der Waals surface area contributed by atoms with E-state index in [2.05, 4.69) is 9.97 Å². The van der Waals surface area contributed by atoms with Crippen LogP contribution in [0.5, 0.6) is 0 Å². The minimum atomic E-state index is -1.12. The molecule has 1 aromatic heterocycles. The molecule has 0 aliphatic rings. The Bertz CT molecular complexity index is 576. The second-order valence-electron chi connectivity index (χ2n) is 4.79. The van der Waals surface area contributed by atoms with Crippen LogP contribution in [0.4, 0.5) is 4.39 Å². The molecular weight excluding hydrogens is 231 g/mol. The van der Waals surface area contributed by atoms with Gasteiger partial charge in [-0.1, -0.05) is 12.1 Å². The summed E-state index contributed by atoms with van der Waals surface area (Å²) in [6.07, 6.45) is 0. The second kappa shape index (κ2) is 4.46. The fourth-order valence-corrected chi connectivity index (χ4v) is 1.64. The Balaban J connectivity index is 2.55. The molecule has 0 aliphatic heterocycles. The average molecular weight is 246 g/mol. The molecule has 1 N–H and O–H groups in total. The van der Waals surface area contributed by atoms with Crippen molar-refractivity contribution >= 4 is 0 Å². The first-order valence-electron chi connectivity index (χ1n) is 5.71. The summed E-state index contributed by atoms with van der Waals surface area (Å²) < 4.78 is 13.2. The van der Waals surface area contributed by atoms with Gasteiger partial charge in [-0.2, -0.15) is 0 Å². The lowest BCUT2D eigenvalue weighted by atomic mass is 10.1. The van der Waals surface area contributed by atoms with Gasteiger partial charge in [-0.05, 0) is 39.0 Å². The maximum atomic E-state index is 13.2. The van der Waals surface area contributed by atoms with Crippen LogP contribution in [0.2, 0.25) is 0 Å². The quantitative estimate of drug-likeness (QED) is 0.886. The lowest BCUT2D eigenvalue weighted by molar-refractivity contribution is 0.0686. The molecule has 1 aromatic carbocycles. The second-order valence-corrected chi connectivity index (χ2v) is 4.79. The summed E-state index contributed by atoms with van der Waals surface area (Å²) in [7, 11) is 0. The third-order valence-corrected chi connectivity index (χ3v) is 2.52. The molecule has 0 spiro atoms. The number of halogens is 1. The maximum absolute atomic E-state index is 13.2. The van der Waals surface area contributed by atoms with Crippen molar-refractivity contribution in [2.75, 3.05) is 0 Å². The van der Waals surface area contributed by atoms with Crippen molar-refractivity contribution in [1.82, 2.24) is 9.97 Å². The van der Waals surface area contributed by atoms with Gasteiger partial charge in [0.15, 0.2) is 5.82 Å². The number of aliphatic hydroxyl groups is 1. The van der Waals surface area contributed by atoms with E-state index in [1.807, 2.05) is 6.92 Å². The van der Waals surface area contributed by atoms with E-state index in [0.29, 0.717) is 17.1 Å². The topological polar surface area (TPSA) is 46.0 Å². The van der Waals surface area contributed by atoms with Crippen molar-refractivity contribution < 1.29 is 9.50 Å². The third kappa shape index (κ3) is 2.71. The Morgan fingerprint density at radius 1 is 1.17 bits per heavy atom. The highest BCUT2D eigenvalue weighted by Gasteiger charge is 2.20. The minimum absolute atomic E-state index is 0.312. The molecule has 0 saturated carbocycles. The van der Waals surface area contributed by atoms with Crippen LogP contribution in [0.3, 0.4) is 0 Å². The van der Waals surface area contributed by atoms with Gasteiger partial charge in [0.1, 0.15) is 11.4 Å². The first-order chi connectivity index (χ1) is 8.36. The van der Waals surface area contributed by atoms with E-state index in [4.69, 9.17) is 0 Å². The Hall–Kier alpha value is -1.81. The van der Waals surface area contributed by atoms with E-state index in [0.717, 1.165) is 5.69 Å². The molecule has 0 aliphatic carbocycles. The molecule has 3 nitrogen and oxygen atoms in total. The fraction of sp³-hybridized carbons (Fsp3) is 0.286. The van der Waals surface area contributed by atoms with Crippen LogP contribution in [0.25, 0.3) is 11.3 Å². The highest BCUT2D eigenvalue weighted by molar-refractivity contribution is 5.59. The Kier molecular flexibility index (Phi) is 3.13. The molecule has 0 saturated heterocycles. The van der Waals surface area contributed by atoms with Crippen molar-refractivity contribution in [1.29, 1.82) is 0 Å². The number of hydrogen-bond donors (Lipinski definition) is 1. The first-order valence-corrected chi connectivity index (χ1v) is 5.71. The molecule has 18 heavy (non-hydrogen) atoms. The van der Waals surface area contributed by atoms with Gasteiger partial charge in [-0.15, -0.1) is 0 Å². The lowest BCUT2D eigenvalue weighted by Crippen LogP contribution is -2.20. The van der Waals surface area contributed by atoms with Gasteiger partial charge in [0, 0.05) is 11.3 Å². The van der Waals surface area contributed by atoms with Crippen LogP contribution in [0.15, 0.2) is 30.3 Å². The van der Waals surface area contributed by atoms with Gasteiger partial charge in [0.05, 0.1) is 5.69 Å². The van der Waals surface area contributed by atoms with Gasteiger partial charge in [0.25, 0.3) is 0 Å². The molecule has 0 atom stereocenters. The first kappa shape index (κ1) is 12.6. The summed E-state index contributed by atoms with van der Waals surface area (Å²) >= 11 is 0. The van der Waals surface area contributed by atoms with E-state index < -0.39 is 5.60 Å². The van der Waals surface area contributed by atoms with Crippen LogP contribution < -0.4 is 0 Å². The summed E-state index contributed by atoms with van der Waals surface area (Å²) in [4.78, 5) is 8.49. The number of hydrogen-bond acceptors (Lipinski definition) is 3. The lowest BCUT2D eigenvalue weighted by Gasteiger charge is -2.17. The molecule has 0 amide bonds. The molecule has 4 heteroatoms. The molecule has 0 unspecified atom stereocenters. The molecule has 2 rings (SSSR count). The SMILES string of the molecule is Cc1cc(-c2cccc(F)c2)nc(C(C)(C)O)n1. The molecule has 0 radical (unpaired) electrons. The molecule has 2 aromatic rings. The number of aryl methyl sites for hydroxylation is 1. The van der Waals surface area contributed by atoms with E-state index in [1.165, 1.54) is 12.1 Å². The summed E-state index contributed by atoms with van der Waals surface area (Å²) in [5.74, 6) is 0.0235. The number of benzene rings is 1. The maximum Gasteiger partial charge on any atom is 0.160 e. The van der Waals surface area contributed by atoms with Crippen molar-refractivity contribution in [3.05, 3.63) is 47.7 Å². The van der Waals surface area contributed by atoms with E-state index in [1.54, 1.807) is 32.0 Å². The van der Waals surface area contributed by atoms with Crippen LogP contribution in [0, 0.1) is 12.7 Å².